The Labute approximate surface area is 194 Å². The quantitative estimate of drug-likeness (QED) is 0.267. The molecule has 0 fully saturated rings. The van der Waals surface area contributed by atoms with E-state index in [0.29, 0.717) is 22.9 Å². The van der Waals surface area contributed by atoms with Gasteiger partial charge in [-0.3, -0.25) is 0 Å². The summed E-state index contributed by atoms with van der Waals surface area (Å²) in [6, 6.07) is 9.83. The number of esters is 1. The van der Waals surface area contributed by atoms with Gasteiger partial charge in [0.25, 0.3) is 0 Å². The summed E-state index contributed by atoms with van der Waals surface area (Å²) < 4.78 is 16.7. The molecular weight excluding hydrogens is 509 g/mol. The number of nitrogens with zero attached hydrogens (tertiary/aromatic N) is 2. The number of H-pyrrole nitrogens is 1. The highest BCUT2D eigenvalue weighted by Crippen LogP contribution is 2.35. The number of methoxy groups -OCH3 is 1. The predicted octanol–water partition coefficient (Wildman–Crippen LogP) is 4.80. The van der Waals surface area contributed by atoms with E-state index in [0.717, 1.165) is 31.3 Å². The van der Waals surface area contributed by atoms with Gasteiger partial charge in [0.2, 0.25) is 0 Å². The molecule has 0 atom stereocenters. The molecule has 31 heavy (non-hydrogen) atoms. The van der Waals surface area contributed by atoms with Gasteiger partial charge in [-0.1, -0.05) is 0 Å². The number of aryl methyl sites for hydroxylation is 2. The maximum absolute atomic E-state index is 11.6. The van der Waals surface area contributed by atoms with Gasteiger partial charge in [0, 0.05) is 0 Å². The standard InChI is InChI=1S/C23H22IN3O4/c1-5-30-21(28)12-31-22-17(24)9-15(10-20(22)29-4)8-16(11-25)23-26-18-6-13(2)14(3)7-19(18)27-23/h6-10H,5,12H2,1-4H3,(H,26,27)/b16-8+. The van der Waals surface area contributed by atoms with Crippen LogP contribution in [-0.2, 0) is 9.53 Å². The Hall–Kier alpha value is -3.06. The Kier molecular flexibility index (Phi) is 7.17. The van der Waals surface area contributed by atoms with Gasteiger partial charge >= 0.3 is 5.97 Å². The Balaban J connectivity index is 1.95. The average Bonchev–Trinajstić information content (AvgIpc) is 3.13. The topological polar surface area (TPSA) is 97.2 Å². The number of benzene rings is 2. The van der Waals surface area contributed by atoms with Gasteiger partial charge in [0.05, 0.1) is 33.9 Å². The largest absolute Gasteiger partial charge is 0.493 e. The number of allylic oxidation sites excluding steroid dienone is 1. The van der Waals surface area contributed by atoms with E-state index in [2.05, 4.69) is 38.6 Å². The second-order valence-corrected chi connectivity index (χ2v) is 8.00. The van der Waals surface area contributed by atoms with Crippen molar-refractivity contribution in [1.29, 1.82) is 5.26 Å². The van der Waals surface area contributed by atoms with Crippen molar-refractivity contribution >= 4 is 51.2 Å². The molecule has 160 valence electrons. The van der Waals surface area contributed by atoms with Crippen molar-refractivity contribution in [2.75, 3.05) is 20.3 Å². The lowest BCUT2D eigenvalue weighted by atomic mass is 10.1. The number of rotatable bonds is 7. The van der Waals surface area contributed by atoms with Crippen molar-refractivity contribution < 1.29 is 19.0 Å². The number of hydrogen-bond acceptors (Lipinski definition) is 6. The third-order valence-corrected chi connectivity index (χ3v) is 5.48. The fourth-order valence-corrected chi connectivity index (χ4v) is 3.80. The summed E-state index contributed by atoms with van der Waals surface area (Å²) in [4.78, 5) is 19.4. The van der Waals surface area contributed by atoms with Gasteiger partial charge < -0.3 is 19.2 Å². The van der Waals surface area contributed by atoms with Crippen LogP contribution in [0.4, 0.5) is 0 Å². The van der Waals surface area contributed by atoms with E-state index in [9.17, 15) is 10.1 Å². The summed E-state index contributed by atoms with van der Waals surface area (Å²) in [5, 5.41) is 9.73. The number of fused-ring (bicyclic) bond motifs is 1. The number of nitrogens with one attached hydrogen (secondary N) is 1. The minimum absolute atomic E-state index is 0.212. The highest BCUT2D eigenvalue weighted by molar-refractivity contribution is 14.1. The number of ether oxygens (including phenoxy) is 3. The molecule has 0 saturated heterocycles. The molecule has 2 aromatic carbocycles. The zero-order valence-corrected chi connectivity index (χ0v) is 19.9. The molecule has 0 aliphatic rings. The Morgan fingerprint density at radius 2 is 2.00 bits per heavy atom. The molecule has 0 aliphatic carbocycles. The maximum Gasteiger partial charge on any atom is 0.344 e. The molecule has 1 N–H and O–H groups in total. The second-order valence-electron chi connectivity index (χ2n) is 6.84. The number of nitriles is 1. The first-order chi connectivity index (χ1) is 14.9. The molecule has 1 heterocycles. The summed E-state index contributed by atoms with van der Waals surface area (Å²) in [7, 11) is 1.52. The Morgan fingerprint density at radius 3 is 2.68 bits per heavy atom. The number of hydrogen-bond donors (Lipinski definition) is 1. The van der Waals surface area contributed by atoms with E-state index in [4.69, 9.17) is 14.2 Å². The van der Waals surface area contributed by atoms with E-state index in [1.165, 1.54) is 7.11 Å². The first-order valence-corrected chi connectivity index (χ1v) is 10.7. The van der Waals surface area contributed by atoms with Crippen LogP contribution in [0.2, 0.25) is 0 Å². The van der Waals surface area contributed by atoms with Crippen molar-refractivity contribution in [3.05, 3.63) is 50.4 Å². The molecule has 0 aliphatic heterocycles. The molecule has 0 saturated carbocycles. The van der Waals surface area contributed by atoms with E-state index >= 15 is 0 Å². The van der Waals surface area contributed by atoms with Gasteiger partial charge in [-0.2, -0.15) is 5.26 Å². The lowest BCUT2D eigenvalue weighted by Crippen LogP contribution is -2.15. The van der Waals surface area contributed by atoms with Crippen LogP contribution in [0.3, 0.4) is 0 Å². The summed E-state index contributed by atoms with van der Waals surface area (Å²) in [5.74, 6) is 0.947. The van der Waals surface area contributed by atoms with Gasteiger partial charge in [-0.15, -0.1) is 0 Å². The molecular formula is C23H22IN3O4. The minimum Gasteiger partial charge on any atom is -0.493 e. The molecule has 0 unspecified atom stereocenters. The summed E-state index contributed by atoms with van der Waals surface area (Å²) >= 11 is 2.10. The van der Waals surface area contributed by atoms with Crippen molar-refractivity contribution in [2.24, 2.45) is 0 Å². The number of aromatic nitrogens is 2. The summed E-state index contributed by atoms with van der Waals surface area (Å²) in [6.45, 7) is 5.88. The number of halogens is 1. The van der Waals surface area contributed by atoms with E-state index in [1.807, 2.05) is 32.0 Å². The summed E-state index contributed by atoms with van der Waals surface area (Å²) in [5.41, 5.74) is 5.13. The van der Waals surface area contributed by atoms with Crippen molar-refractivity contribution in [2.45, 2.75) is 20.8 Å². The Bertz CT molecular complexity index is 1170. The van der Waals surface area contributed by atoms with Crippen LogP contribution in [0.25, 0.3) is 22.7 Å². The van der Waals surface area contributed by atoms with Crippen LogP contribution >= 0.6 is 22.6 Å². The van der Waals surface area contributed by atoms with E-state index in [-0.39, 0.29) is 13.2 Å². The molecule has 3 aromatic rings. The average molecular weight is 531 g/mol. The fourth-order valence-electron chi connectivity index (χ4n) is 3.01. The van der Waals surface area contributed by atoms with Crippen LogP contribution in [0.5, 0.6) is 11.5 Å². The van der Waals surface area contributed by atoms with Crippen LogP contribution in [-0.4, -0.2) is 36.3 Å². The van der Waals surface area contributed by atoms with Crippen molar-refractivity contribution in [3.8, 4) is 17.6 Å². The fraction of sp³-hybridized carbons (Fsp3) is 0.261. The molecule has 1 aromatic heterocycles. The van der Waals surface area contributed by atoms with Crippen molar-refractivity contribution in [3.63, 3.8) is 0 Å². The Morgan fingerprint density at radius 1 is 1.26 bits per heavy atom. The van der Waals surface area contributed by atoms with Gasteiger partial charge in [-0.25, -0.2) is 9.78 Å². The van der Waals surface area contributed by atoms with Crippen LogP contribution < -0.4 is 9.47 Å². The number of aromatic amines is 1. The molecule has 3 rings (SSSR count). The monoisotopic (exact) mass is 531 g/mol. The normalized spacial score (nSPS) is 11.3. The minimum atomic E-state index is -0.452. The molecule has 0 spiro atoms. The smallest absolute Gasteiger partial charge is 0.344 e. The summed E-state index contributed by atoms with van der Waals surface area (Å²) in [6.07, 6.45) is 1.73. The van der Waals surface area contributed by atoms with Crippen LogP contribution in [0, 0.1) is 28.7 Å². The lowest BCUT2D eigenvalue weighted by molar-refractivity contribution is -0.145. The predicted molar refractivity (Wildman–Crippen MR) is 127 cm³/mol. The van der Waals surface area contributed by atoms with E-state index in [1.54, 1.807) is 19.1 Å². The lowest BCUT2D eigenvalue weighted by Gasteiger charge is -2.13. The number of carbonyl (C=O) groups excluding carboxylic acids is 1. The van der Waals surface area contributed by atoms with Gasteiger partial charge in [0.15, 0.2) is 18.1 Å². The second kappa shape index (κ2) is 9.83. The third kappa shape index (κ3) is 5.17. The molecule has 0 amide bonds. The molecule has 0 bridgehead atoms. The van der Waals surface area contributed by atoms with Gasteiger partial charge in [-0.05, 0) is 90.4 Å². The number of carbonyl (C=O) groups is 1. The van der Waals surface area contributed by atoms with Crippen molar-refractivity contribution in [1.82, 2.24) is 9.97 Å². The number of imidazole rings is 1. The highest BCUT2D eigenvalue weighted by Gasteiger charge is 2.15. The van der Waals surface area contributed by atoms with Crippen LogP contribution in [0.1, 0.15) is 29.4 Å². The molecule has 8 heteroatoms. The SMILES string of the molecule is CCOC(=O)COc1c(I)cc(/C=C(\C#N)c2nc3cc(C)c(C)cc3[nH]2)cc1OC. The van der Waals surface area contributed by atoms with E-state index < -0.39 is 5.97 Å². The zero-order valence-electron chi connectivity index (χ0n) is 17.7. The van der Waals surface area contributed by atoms with Gasteiger partial charge in [0.1, 0.15) is 11.9 Å². The van der Waals surface area contributed by atoms with Crippen LogP contribution in [0.15, 0.2) is 24.3 Å². The zero-order chi connectivity index (χ0) is 22.5. The molecule has 0 radical (unpaired) electrons. The molecule has 7 nitrogen and oxygen atoms in total. The first-order valence-electron chi connectivity index (χ1n) is 9.61. The third-order valence-electron chi connectivity index (χ3n) is 4.68. The first kappa shape index (κ1) is 22.6. The maximum atomic E-state index is 11.6. The highest BCUT2D eigenvalue weighted by atomic mass is 127.